The molecule has 6 aromatic rings. The predicted octanol–water partition coefficient (Wildman–Crippen LogP) is 9.49. The fourth-order valence-corrected chi connectivity index (χ4v) is 8.37. The molecule has 1 aliphatic heterocycles. The topological polar surface area (TPSA) is 94.5 Å². The second-order valence-corrected chi connectivity index (χ2v) is 14.3. The van der Waals surface area contributed by atoms with Crippen LogP contribution in [0.15, 0.2) is 48.5 Å². The summed E-state index contributed by atoms with van der Waals surface area (Å²) in [6, 6.07) is 15.0. The Balaban J connectivity index is 1.41. The van der Waals surface area contributed by atoms with Crippen molar-refractivity contribution in [3.05, 3.63) is 97.9 Å². The number of aromatic nitrogens is 4. The Morgan fingerprint density at radius 3 is 2.37 bits per heavy atom. The number of anilines is 1. The number of carbonyl (C=O) groups excluding carboxylic acids is 1. The molecular weight excluding hydrogens is 685 g/mol. The normalized spacial score (nSPS) is 14.6. The highest BCUT2D eigenvalue weighted by Crippen LogP contribution is 2.46. The zero-order valence-electron chi connectivity index (χ0n) is 29.9. The average Bonchev–Trinajstić information content (AvgIpc) is 3.70. The first-order valence-electron chi connectivity index (χ1n) is 17.3. The van der Waals surface area contributed by atoms with Crippen molar-refractivity contribution in [2.24, 2.45) is 7.05 Å². The van der Waals surface area contributed by atoms with Gasteiger partial charge in [0.2, 0.25) is 0 Å². The fourth-order valence-electron chi connectivity index (χ4n) is 8.01. The largest absolute Gasteiger partial charge is 0.494 e. The quantitative estimate of drug-likeness (QED) is 0.150. The van der Waals surface area contributed by atoms with Gasteiger partial charge in [-0.05, 0) is 95.3 Å². The first-order valence-corrected chi connectivity index (χ1v) is 18.0. The van der Waals surface area contributed by atoms with Gasteiger partial charge in [0.25, 0.3) is 5.91 Å². The Bertz CT molecular complexity index is 2380. The average molecular weight is 727 g/mol. The van der Waals surface area contributed by atoms with E-state index in [4.69, 9.17) is 33.0 Å². The summed E-state index contributed by atoms with van der Waals surface area (Å²) in [5, 5.41) is 18.1. The Morgan fingerprint density at radius 1 is 1.02 bits per heavy atom. The summed E-state index contributed by atoms with van der Waals surface area (Å²) < 4.78 is 12.1. The lowest BCUT2D eigenvalue weighted by atomic mass is 9.98. The van der Waals surface area contributed by atoms with E-state index in [-0.39, 0.29) is 24.1 Å². The van der Waals surface area contributed by atoms with Gasteiger partial charge >= 0.3 is 5.97 Å². The molecule has 7 rings (SSSR count). The molecular formula is C40H41Cl2N5O4. The van der Waals surface area contributed by atoms with Gasteiger partial charge in [0.05, 0.1) is 28.4 Å². The van der Waals surface area contributed by atoms with E-state index >= 15 is 4.79 Å². The molecule has 0 unspecified atom stereocenters. The molecule has 0 radical (unpaired) electrons. The molecule has 9 nitrogen and oxygen atoms in total. The number of carbonyl (C=O) groups is 2. The standard InChI is InChI=1S/C40H41Cl2N5O4/c1-8-45-31-14-10-9-12-29(31)33(40(49)50)38(45)46-20-23(4)47-36-28(15-16-30(41)34(36)32-24(5)43-44(7)25(32)6)27(37(47)39(46)48)13-11-17-51-26-18-21(2)35(42)22(3)19-26/h9-10,12,14-16,18-19,23H,8,11,13,17,20H2,1-7H3,(H,49,50)/t23-/m1/s1. The number of carboxylic acids is 1. The number of ether oxygens (including phenoxy) is 1. The van der Waals surface area contributed by atoms with Gasteiger partial charge in [0.15, 0.2) is 0 Å². The van der Waals surface area contributed by atoms with Crippen molar-refractivity contribution in [1.82, 2.24) is 18.9 Å². The van der Waals surface area contributed by atoms with Crippen molar-refractivity contribution >= 4 is 62.7 Å². The monoisotopic (exact) mass is 725 g/mol. The van der Waals surface area contributed by atoms with Crippen LogP contribution in [0.25, 0.3) is 32.9 Å². The van der Waals surface area contributed by atoms with Crippen LogP contribution in [-0.2, 0) is 20.0 Å². The van der Waals surface area contributed by atoms with E-state index in [2.05, 4.69) is 11.5 Å². The van der Waals surface area contributed by atoms with Crippen molar-refractivity contribution in [2.75, 3.05) is 18.1 Å². The van der Waals surface area contributed by atoms with Crippen LogP contribution in [0.1, 0.15) is 75.2 Å². The maximum atomic E-state index is 15.1. The van der Waals surface area contributed by atoms with E-state index in [0.29, 0.717) is 47.9 Å². The van der Waals surface area contributed by atoms with Crippen LogP contribution < -0.4 is 9.64 Å². The molecule has 0 aliphatic carbocycles. The van der Waals surface area contributed by atoms with Gasteiger partial charge in [0, 0.05) is 58.8 Å². The fraction of sp³-hybridized carbons (Fsp3) is 0.325. The molecule has 4 heterocycles. The molecule has 11 heteroatoms. The van der Waals surface area contributed by atoms with Gasteiger partial charge in [-0.15, -0.1) is 0 Å². The first-order chi connectivity index (χ1) is 24.3. The third-order valence-electron chi connectivity index (χ3n) is 10.3. The molecule has 1 amide bonds. The number of rotatable bonds is 9. The number of fused-ring (bicyclic) bond motifs is 4. The first kappa shape index (κ1) is 34.7. The van der Waals surface area contributed by atoms with E-state index in [1.165, 1.54) is 0 Å². The Hall–Kier alpha value is -4.73. The van der Waals surface area contributed by atoms with Crippen LogP contribution >= 0.6 is 23.2 Å². The second-order valence-electron chi connectivity index (χ2n) is 13.5. The third-order valence-corrected chi connectivity index (χ3v) is 11.2. The number of aryl methyl sites for hydroxylation is 6. The lowest BCUT2D eigenvalue weighted by Crippen LogP contribution is -2.44. The number of amides is 1. The molecule has 51 heavy (non-hydrogen) atoms. The number of hydrogen-bond acceptors (Lipinski definition) is 4. The van der Waals surface area contributed by atoms with Gasteiger partial charge in [-0.2, -0.15) is 5.10 Å². The molecule has 0 saturated heterocycles. The molecule has 0 bridgehead atoms. The summed E-state index contributed by atoms with van der Waals surface area (Å²) >= 11 is 13.5. The molecule has 1 atom stereocenters. The number of hydrogen-bond donors (Lipinski definition) is 1. The molecule has 1 aliphatic rings. The van der Waals surface area contributed by atoms with Crippen LogP contribution in [0.2, 0.25) is 10.0 Å². The summed E-state index contributed by atoms with van der Waals surface area (Å²) in [5.74, 6) is -0.161. The van der Waals surface area contributed by atoms with Crippen molar-refractivity contribution in [3.63, 3.8) is 0 Å². The number of aromatic carboxylic acids is 1. The van der Waals surface area contributed by atoms with Gasteiger partial charge in [-0.25, -0.2) is 4.79 Å². The van der Waals surface area contributed by atoms with Gasteiger partial charge < -0.3 is 19.0 Å². The van der Waals surface area contributed by atoms with Crippen molar-refractivity contribution in [1.29, 1.82) is 0 Å². The molecule has 3 aromatic carbocycles. The minimum atomic E-state index is -1.07. The van der Waals surface area contributed by atoms with E-state index in [0.717, 1.165) is 66.4 Å². The highest BCUT2D eigenvalue weighted by Gasteiger charge is 2.40. The summed E-state index contributed by atoms with van der Waals surface area (Å²) in [6.45, 7) is 13.2. The highest BCUT2D eigenvalue weighted by atomic mass is 35.5. The maximum Gasteiger partial charge on any atom is 0.340 e. The summed E-state index contributed by atoms with van der Waals surface area (Å²) in [5.41, 5.74) is 8.71. The minimum absolute atomic E-state index is 0.131. The highest BCUT2D eigenvalue weighted by molar-refractivity contribution is 6.35. The molecule has 3 aromatic heterocycles. The van der Waals surface area contributed by atoms with Gasteiger partial charge in [0.1, 0.15) is 22.8 Å². The number of benzene rings is 3. The van der Waals surface area contributed by atoms with E-state index in [9.17, 15) is 9.90 Å². The van der Waals surface area contributed by atoms with Gasteiger partial charge in [-0.1, -0.05) is 47.5 Å². The van der Waals surface area contributed by atoms with Crippen LogP contribution in [0.5, 0.6) is 5.75 Å². The zero-order valence-corrected chi connectivity index (χ0v) is 31.4. The molecule has 0 saturated carbocycles. The summed E-state index contributed by atoms with van der Waals surface area (Å²) in [4.78, 5) is 29.7. The van der Waals surface area contributed by atoms with Crippen LogP contribution in [-0.4, -0.2) is 49.0 Å². The zero-order chi connectivity index (χ0) is 36.5. The number of para-hydroxylation sites is 1. The molecule has 1 N–H and O–H groups in total. The third kappa shape index (κ3) is 5.49. The van der Waals surface area contributed by atoms with Crippen molar-refractivity contribution in [2.45, 2.75) is 67.0 Å². The number of halogens is 2. The molecule has 0 spiro atoms. The maximum absolute atomic E-state index is 15.1. The summed E-state index contributed by atoms with van der Waals surface area (Å²) in [6.07, 6.45) is 1.18. The van der Waals surface area contributed by atoms with Gasteiger partial charge in [-0.3, -0.25) is 14.4 Å². The van der Waals surface area contributed by atoms with E-state index < -0.39 is 5.97 Å². The molecule has 264 valence electrons. The Kier molecular flexibility index (Phi) is 8.92. The SMILES string of the molecule is CCn1c(N2C[C@@H](C)n3c(c(CCCOc4cc(C)c(Cl)c(C)c4)c4ccc(Cl)c(-c5c(C)nn(C)c5C)c43)C2=O)c(C(=O)O)c2ccccc21. The van der Waals surface area contributed by atoms with E-state index in [1.807, 2.05) is 99.4 Å². The van der Waals surface area contributed by atoms with Crippen LogP contribution in [0.3, 0.4) is 0 Å². The van der Waals surface area contributed by atoms with Crippen LogP contribution in [0, 0.1) is 27.7 Å². The van der Waals surface area contributed by atoms with Crippen molar-refractivity contribution < 1.29 is 19.4 Å². The van der Waals surface area contributed by atoms with Crippen molar-refractivity contribution in [3.8, 4) is 16.9 Å². The second kappa shape index (κ2) is 13.1. The number of carboxylic acid groups (broad SMARTS) is 1. The predicted molar refractivity (Wildman–Crippen MR) is 204 cm³/mol. The Labute approximate surface area is 306 Å². The number of nitrogens with zero attached hydrogens (tertiary/aromatic N) is 5. The smallest absolute Gasteiger partial charge is 0.340 e. The van der Waals surface area contributed by atoms with E-state index in [1.54, 1.807) is 4.90 Å². The Morgan fingerprint density at radius 2 is 1.73 bits per heavy atom. The summed E-state index contributed by atoms with van der Waals surface area (Å²) in [7, 11) is 1.92. The minimum Gasteiger partial charge on any atom is -0.494 e. The lowest BCUT2D eigenvalue weighted by molar-refractivity contribution is 0.0699. The van der Waals surface area contributed by atoms with Crippen LogP contribution in [0.4, 0.5) is 5.82 Å². The lowest BCUT2D eigenvalue weighted by Gasteiger charge is -2.35. The molecule has 0 fully saturated rings.